The minimum atomic E-state index is 0.675. The van der Waals surface area contributed by atoms with Crippen LogP contribution in [0.5, 0.6) is 0 Å². The first-order valence-corrected chi connectivity index (χ1v) is 16.1. The van der Waals surface area contributed by atoms with Crippen LogP contribution in [0, 0.1) is 0 Å². The van der Waals surface area contributed by atoms with Crippen LogP contribution in [0.25, 0.3) is 88.9 Å². The molecule has 48 heavy (non-hydrogen) atoms. The highest BCUT2D eigenvalue weighted by Gasteiger charge is 2.16. The van der Waals surface area contributed by atoms with Crippen LogP contribution < -0.4 is 0 Å². The first kappa shape index (κ1) is 27.8. The van der Waals surface area contributed by atoms with Crippen LogP contribution in [-0.4, -0.2) is 19.9 Å². The fourth-order valence-corrected chi connectivity index (χ4v) is 6.56. The molecule has 0 amide bonds. The molecule has 4 nitrogen and oxygen atoms in total. The largest absolute Gasteiger partial charge is 0.255 e. The van der Waals surface area contributed by atoms with Crippen molar-refractivity contribution in [2.45, 2.75) is 0 Å². The van der Waals surface area contributed by atoms with E-state index in [0.717, 1.165) is 55.8 Å². The molecule has 0 aliphatic heterocycles. The molecule has 9 aromatic rings. The highest BCUT2D eigenvalue weighted by molar-refractivity contribution is 6.22. The van der Waals surface area contributed by atoms with Gasteiger partial charge in [0.1, 0.15) is 0 Å². The monoisotopic (exact) mass is 612 g/mol. The molecule has 0 saturated heterocycles. The van der Waals surface area contributed by atoms with E-state index in [2.05, 4.69) is 127 Å². The number of hydrogen-bond donors (Lipinski definition) is 0. The molecule has 3 heterocycles. The second kappa shape index (κ2) is 11.7. The van der Waals surface area contributed by atoms with E-state index in [1.54, 1.807) is 0 Å². The van der Waals surface area contributed by atoms with Crippen LogP contribution in [-0.2, 0) is 0 Å². The third-order valence-electron chi connectivity index (χ3n) is 8.93. The molecule has 0 unspecified atom stereocenters. The Labute approximate surface area is 278 Å². The molecule has 0 spiro atoms. The normalized spacial score (nSPS) is 11.3. The molecule has 0 aliphatic rings. The Hall–Kier alpha value is -6.52. The van der Waals surface area contributed by atoms with Gasteiger partial charge < -0.3 is 0 Å². The summed E-state index contributed by atoms with van der Waals surface area (Å²) in [6.07, 6.45) is 1.85. The summed E-state index contributed by atoms with van der Waals surface area (Å²) in [5, 5.41) is 5.81. The Morgan fingerprint density at radius 1 is 0.354 bits per heavy atom. The summed E-state index contributed by atoms with van der Waals surface area (Å²) < 4.78 is 0. The van der Waals surface area contributed by atoms with Gasteiger partial charge >= 0.3 is 0 Å². The van der Waals surface area contributed by atoms with Crippen molar-refractivity contribution in [1.82, 2.24) is 19.9 Å². The van der Waals surface area contributed by atoms with Crippen molar-refractivity contribution >= 4 is 32.4 Å². The Morgan fingerprint density at radius 3 is 1.77 bits per heavy atom. The van der Waals surface area contributed by atoms with Gasteiger partial charge in [-0.15, -0.1) is 0 Å². The molecule has 4 heteroatoms. The first-order chi connectivity index (χ1) is 23.8. The summed E-state index contributed by atoms with van der Waals surface area (Å²) in [5.41, 5.74) is 9.57. The van der Waals surface area contributed by atoms with Gasteiger partial charge in [0.2, 0.25) is 0 Å². The van der Waals surface area contributed by atoms with Gasteiger partial charge in [-0.1, -0.05) is 140 Å². The van der Waals surface area contributed by atoms with E-state index in [0.29, 0.717) is 5.82 Å². The molecule has 0 fully saturated rings. The van der Waals surface area contributed by atoms with Crippen molar-refractivity contribution in [1.29, 1.82) is 0 Å². The predicted octanol–water partition coefficient (Wildman–Crippen LogP) is 11.1. The SMILES string of the molecule is c1ccc(-c2ccc(-c3cc(-c4ccnc(-c5nc6ccccc6c6c5ccc5ccccc56)c4)nc(-c4ccccc4)n3)cc2)cc1. The van der Waals surface area contributed by atoms with E-state index in [9.17, 15) is 0 Å². The maximum atomic E-state index is 5.18. The van der Waals surface area contributed by atoms with Crippen molar-refractivity contribution in [3.05, 3.63) is 170 Å². The molecule has 0 N–H and O–H groups in total. The number of pyridine rings is 2. The van der Waals surface area contributed by atoms with Crippen LogP contribution in [0.1, 0.15) is 0 Å². The van der Waals surface area contributed by atoms with Crippen LogP contribution in [0.3, 0.4) is 0 Å². The second-order valence-electron chi connectivity index (χ2n) is 11.9. The first-order valence-electron chi connectivity index (χ1n) is 16.1. The van der Waals surface area contributed by atoms with Gasteiger partial charge in [-0.3, -0.25) is 4.98 Å². The smallest absolute Gasteiger partial charge is 0.160 e. The van der Waals surface area contributed by atoms with Crippen molar-refractivity contribution in [2.24, 2.45) is 0 Å². The predicted molar refractivity (Wildman–Crippen MR) is 197 cm³/mol. The van der Waals surface area contributed by atoms with Gasteiger partial charge in [0.15, 0.2) is 5.82 Å². The average molecular weight is 613 g/mol. The van der Waals surface area contributed by atoms with Crippen molar-refractivity contribution in [3.8, 4) is 56.4 Å². The molecule has 3 aromatic heterocycles. The number of aromatic nitrogens is 4. The van der Waals surface area contributed by atoms with Crippen LogP contribution in [0.4, 0.5) is 0 Å². The lowest BCUT2D eigenvalue weighted by Gasteiger charge is -2.13. The van der Waals surface area contributed by atoms with Gasteiger partial charge in [-0.05, 0) is 46.2 Å². The van der Waals surface area contributed by atoms with Gasteiger partial charge in [0, 0.05) is 39.0 Å². The average Bonchev–Trinajstić information content (AvgIpc) is 3.18. The highest BCUT2D eigenvalue weighted by Crippen LogP contribution is 2.37. The van der Waals surface area contributed by atoms with Gasteiger partial charge in [-0.2, -0.15) is 0 Å². The molecule has 0 radical (unpaired) electrons. The van der Waals surface area contributed by atoms with Crippen molar-refractivity contribution in [2.75, 3.05) is 0 Å². The maximum Gasteiger partial charge on any atom is 0.160 e. The Balaban J connectivity index is 1.21. The number of nitrogens with zero attached hydrogens (tertiary/aromatic N) is 4. The molecule has 0 aliphatic carbocycles. The second-order valence-corrected chi connectivity index (χ2v) is 11.9. The zero-order valence-corrected chi connectivity index (χ0v) is 26.0. The Morgan fingerprint density at radius 2 is 0.979 bits per heavy atom. The highest BCUT2D eigenvalue weighted by atomic mass is 14.9. The lowest BCUT2D eigenvalue weighted by molar-refractivity contribution is 1.18. The topological polar surface area (TPSA) is 51.6 Å². The van der Waals surface area contributed by atoms with Crippen LogP contribution in [0.15, 0.2) is 170 Å². The van der Waals surface area contributed by atoms with E-state index in [1.165, 1.54) is 27.3 Å². The summed E-state index contributed by atoms with van der Waals surface area (Å²) in [6, 6.07) is 56.6. The Kier molecular flexibility index (Phi) is 6.76. The standard InChI is InChI=1S/C44H28N4/c1-3-11-29(12-4-1)30-19-21-32(22-20-30)39-28-40(48-44(47-39)33-14-5-2-6-15-33)34-25-26-45-41(27-34)43-37-24-23-31-13-7-8-16-35(31)42(37)36-17-9-10-18-38(36)46-43/h1-28H. The fraction of sp³-hybridized carbons (Fsp3) is 0. The maximum absolute atomic E-state index is 5.18. The molecular weight excluding hydrogens is 585 g/mol. The molecular formula is C44H28N4. The molecule has 0 atom stereocenters. The molecule has 0 bridgehead atoms. The van der Waals surface area contributed by atoms with Gasteiger partial charge in [0.05, 0.1) is 28.3 Å². The summed E-state index contributed by atoms with van der Waals surface area (Å²) in [6.45, 7) is 0. The zero-order valence-electron chi connectivity index (χ0n) is 26.0. The summed E-state index contributed by atoms with van der Waals surface area (Å²) in [4.78, 5) is 20.2. The van der Waals surface area contributed by atoms with E-state index < -0.39 is 0 Å². The third kappa shape index (κ3) is 4.97. The minimum absolute atomic E-state index is 0.675. The summed E-state index contributed by atoms with van der Waals surface area (Å²) in [7, 11) is 0. The van der Waals surface area contributed by atoms with E-state index in [4.69, 9.17) is 19.9 Å². The molecule has 0 saturated carbocycles. The number of hydrogen-bond acceptors (Lipinski definition) is 4. The van der Waals surface area contributed by atoms with E-state index in [1.807, 2.05) is 42.6 Å². The summed E-state index contributed by atoms with van der Waals surface area (Å²) >= 11 is 0. The summed E-state index contributed by atoms with van der Waals surface area (Å²) in [5.74, 6) is 0.675. The number of para-hydroxylation sites is 1. The molecule has 6 aromatic carbocycles. The zero-order chi connectivity index (χ0) is 31.9. The van der Waals surface area contributed by atoms with Crippen LogP contribution in [0.2, 0.25) is 0 Å². The van der Waals surface area contributed by atoms with Crippen molar-refractivity contribution < 1.29 is 0 Å². The fourth-order valence-electron chi connectivity index (χ4n) is 6.56. The minimum Gasteiger partial charge on any atom is -0.255 e. The number of rotatable bonds is 5. The number of fused-ring (bicyclic) bond motifs is 5. The molecule has 224 valence electrons. The van der Waals surface area contributed by atoms with Crippen LogP contribution >= 0.6 is 0 Å². The molecule has 9 rings (SSSR count). The van der Waals surface area contributed by atoms with Gasteiger partial charge in [0.25, 0.3) is 0 Å². The van der Waals surface area contributed by atoms with E-state index in [-0.39, 0.29) is 0 Å². The van der Waals surface area contributed by atoms with Gasteiger partial charge in [-0.25, -0.2) is 15.0 Å². The lowest BCUT2D eigenvalue weighted by Crippen LogP contribution is -1.97. The van der Waals surface area contributed by atoms with Crippen molar-refractivity contribution in [3.63, 3.8) is 0 Å². The third-order valence-corrected chi connectivity index (χ3v) is 8.93. The number of benzene rings is 6. The lowest BCUT2D eigenvalue weighted by atomic mass is 9.96. The Bertz CT molecular complexity index is 2580. The van der Waals surface area contributed by atoms with E-state index >= 15 is 0 Å². The quantitative estimate of drug-likeness (QED) is 0.181.